The minimum absolute atomic E-state index is 0.396. The second-order valence-electron chi connectivity index (χ2n) is 4.27. The molecule has 0 aliphatic carbocycles. The van der Waals surface area contributed by atoms with Gasteiger partial charge < -0.3 is 10.2 Å². The summed E-state index contributed by atoms with van der Waals surface area (Å²) >= 11 is 0. The van der Waals surface area contributed by atoms with Crippen molar-refractivity contribution in [2.75, 3.05) is 0 Å². The molecule has 0 aromatic carbocycles. The quantitative estimate of drug-likeness (QED) is 0.686. The fourth-order valence-corrected chi connectivity index (χ4v) is 0.678. The summed E-state index contributed by atoms with van der Waals surface area (Å²) in [5.74, 6) is -3.83. The van der Waals surface area contributed by atoms with Gasteiger partial charge in [-0.1, -0.05) is 13.8 Å². The summed E-state index contributed by atoms with van der Waals surface area (Å²) in [4.78, 5) is 40.9. The molecule has 98 valence electrons. The fourth-order valence-electron chi connectivity index (χ4n) is 0.678. The molecule has 0 aliphatic rings. The Morgan fingerprint density at radius 1 is 1.06 bits per heavy atom. The maximum Gasteiger partial charge on any atom is 0.372 e. The lowest BCUT2D eigenvalue weighted by Gasteiger charge is -2.11. The lowest BCUT2D eigenvalue weighted by Crippen LogP contribution is -2.35. The molecule has 0 aromatic rings. The summed E-state index contributed by atoms with van der Waals surface area (Å²) in [6.45, 7) is 6.82. The number of aliphatic hydroxyl groups is 1. The van der Waals surface area contributed by atoms with Gasteiger partial charge in [-0.15, -0.1) is 0 Å². The number of carboxylic acids is 1. The smallest absolute Gasteiger partial charge is 0.372 e. The van der Waals surface area contributed by atoms with E-state index in [-0.39, 0.29) is 0 Å². The number of carbonyl (C=O) groups excluding carboxylic acids is 3. The zero-order valence-corrected chi connectivity index (χ0v) is 10.6. The van der Waals surface area contributed by atoms with Gasteiger partial charge >= 0.3 is 5.97 Å². The first-order chi connectivity index (χ1) is 7.41. The zero-order chi connectivity index (χ0) is 14.4. The van der Waals surface area contributed by atoms with Crippen LogP contribution in [0.2, 0.25) is 0 Å². The van der Waals surface area contributed by atoms with E-state index < -0.39 is 34.8 Å². The van der Waals surface area contributed by atoms with Crippen LogP contribution in [0.3, 0.4) is 0 Å². The summed E-state index contributed by atoms with van der Waals surface area (Å²) in [5.41, 5.74) is -1.51. The van der Waals surface area contributed by atoms with Gasteiger partial charge in [-0.25, -0.2) is 4.79 Å². The summed E-state index contributed by atoms with van der Waals surface area (Å²) in [6, 6.07) is 0. The van der Waals surface area contributed by atoms with E-state index in [4.69, 9.17) is 10.2 Å². The van der Waals surface area contributed by atoms with Crippen LogP contribution in [0.25, 0.3) is 0 Å². The number of Topliss-reactive ketones (excluding diaryl/α,β-unsaturated/α-hetero) is 3. The zero-order valence-electron chi connectivity index (χ0n) is 10.6. The van der Waals surface area contributed by atoms with E-state index in [0.717, 1.165) is 6.92 Å². The molecule has 0 atom stereocenters. The number of carbonyl (C=O) groups is 4. The highest BCUT2D eigenvalue weighted by Gasteiger charge is 2.26. The van der Waals surface area contributed by atoms with Crippen LogP contribution >= 0.6 is 0 Å². The minimum Gasteiger partial charge on any atom is -0.475 e. The molecule has 0 saturated heterocycles. The third-order valence-electron chi connectivity index (χ3n) is 1.61. The Labute approximate surface area is 99.6 Å². The fraction of sp³-hybridized carbons (Fsp3) is 0.636. The predicted octanol–water partition coefficient (Wildman–Crippen LogP) is 0.211. The second-order valence-corrected chi connectivity index (χ2v) is 4.27. The van der Waals surface area contributed by atoms with Crippen molar-refractivity contribution < 1.29 is 29.4 Å². The van der Waals surface area contributed by atoms with Crippen molar-refractivity contribution >= 4 is 23.3 Å². The van der Waals surface area contributed by atoms with Gasteiger partial charge in [0.25, 0.3) is 0 Å². The Kier molecular flexibility index (Phi) is 7.24. The van der Waals surface area contributed by atoms with E-state index >= 15 is 0 Å². The van der Waals surface area contributed by atoms with Gasteiger partial charge in [0.1, 0.15) is 5.60 Å². The van der Waals surface area contributed by atoms with Crippen LogP contribution in [-0.2, 0) is 19.2 Å². The minimum atomic E-state index is -1.51. The van der Waals surface area contributed by atoms with Crippen molar-refractivity contribution in [2.45, 2.75) is 40.2 Å². The normalized spacial score (nSPS) is 10.3. The maximum absolute atomic E-state index is 10.6. The molecule has 0 amide bonds. The average Bonchev–Trinajstić information content (AvgIpc) is 2.14. The van der Waals surface area contributed by atoms with Crippen LogP contribution < -0.4 is 0 Å². The van der Waals surface area contributed by atoms with E-state index in [2.05, 4.69) is 0 Å². The van der Waals surface area contributed by atoms with Gasteiger partial charge in [-0.3, -0.25) is 14.4 Å². The molecule has 0 heterocycles. The van der Waals surface area contributed by atoms with Gasteiger partial charge in [-0.05, 0) is 13.8 Å². The standard InChI is InChI=1S/C6H10O3.C5H8O3/c1-4(7)5(8)6(2,3)9;1-3(2)4(6)5(7)8/h9H,1-3H3;3H,1-2H3,(H,7,8). The topological polar surface area (TPSA) is 109 Å². The summed E-state index contributed by atoms with van der Waals surface area (Å²) < 4.78 is 0. The Bertz CT molecular complexity index is 321. The Hall–Kier alpha value is -1.56. The summed E-state index contributed by atoms with van der Waals surface area (Å²) in [5, 5.41) is 16.9. The van der Waals surface area contributed by atoms with E-state index in [1.807, 2.05) is 0 Å². The molecular formula is C11H18O6. The first kappa shape index (κ1) is 17.8. The van der Waals surface area contributed by atoms with Crippen LogP contribution in [-0.4, -0.2) is 39.1 Å². The maximum atomic E-state index is 10.6. The Balaban J connectivity index is 0. The molecule has 0 bridgehead atoms. The number of aliphatic carboxylic acids is 1. The van der Waals surface area contributed by atoms with Crippen molar-refractivity contribution in [3.8, 4) is 0 Å². The van der Waals surface area contributed by atoms with Gasteiger partial charge in [0, 0.05) is 12.8 Å². The van der Waals surface area contributed by atoms with E-state index in [1.165, 1.54) is 13.8 Å². The molecule has 0 fully saturated rings. The summed E-state index contributed by atoms with van der Waals surface area (Å²) in [7, 11) is 0. The molecule has 2 N–H and O–H groups in total. The molecule has 0 saturated carbocycles. The second kappa shape index (κ2) is 6.90. The molecule has 0 radical (unpaired) electrons. The Morgan fingerprint density at radius 2 is 1.41 bits per heavy atom. The molecule has 0 aliphatic heterocycles. The number of rotatable bonds is 4. The van der Waals surface area contributed by atoms with Crippen LogP contribution in [0.4, 0.5) is 0 Å². The number of hydrogen-bond acceptors (Lipinski definition) is 5. The van der Waals surface area contributed by atoms with Gasteiger partial charge in [0.05, 0.1) is 0 Å². The van der Waals surface area contributed by atoms with Gasteiger partial charge in [0.2, 0.25) is 11.6 Å². The van der Waals surface area contributed by atoms with E-state index in [0.29, 0.717) is 0 Å². The average molecular weight is 246 g/mol. The first-order valence-electron chi connectivity index (χ1n) is 4.96. The third kappa shape index (κ3) is 8.27. The largest absolute Gasteiger partial charge is 0.475 e. The van der Waals surface area contributed by atoms with Crippen LogP contribution in [0.15, 0.2) is 0 Å². The number of ketones is 3. The molecular weight excluding hydrogens is 228 g/mol. The molecule has 0 aromatic heterocycles. The monoisotopic (exact) mass is 246 g/mol. The first-order valence-corrected chi connectivity index (χ1v) is 4.96. The van der Waals surface area contributed by atoms with Crippen molar-refractivity contribution in [1.82, 2.24) is 0 Å². The molecule has 0 rings (SSSR count). The van der Waals surface area contributed by atoms with Crippen molar-refractivity contribution in [1.29, 1.82) is 0 Å². The number of carboxylic acid groups (broad SMARTS) is 1. The molecule has 6 nitrogen and oxygen atoms in total. The highest BCUT2D eigenvalue weighted by atomic mass is 16.4. The van der Waals surface area contributed by atoms with Crippen LogP contribution in [0.5, 0.6) is 0 Å². The molecule has 0 spiro atoms. The molecule has 0 unspecified atom stereocenters. The molecule has 6 heteroatoms. The van der Waals surface area contributed by atoms with Crippen LogP contribution in [0.1, 0.15) is 34.6 Å². The summed E-state index contributed by atoms with van der Waals surface area (Å²) in [6.07, 6.45) is 0. The van der Waals surface area contributed by atoms with E-state index in [9.17, 15) is 19.2 Å². The van der Waals surface area contributed by atoms with Gasteiger partial charge in [-0.2, -0.15) is 0 Å². The Morgan fingerprint density at radius 3 is 1.41 bits per heavy atom. The SMILES string of the molecule is CC(=O)C(=O)C(C)(C)O.CC(C)C(=O)C(=O)O. The van der Waals surface area contributed by atoms with Gasteiger partial charge in [0.15, 0.2) is 5.78 Å². The lowest BCUT2D eigenvalue weighted by atomic mass is 10.0. The van der Waals surface area contributed by atoms with Crippen molar-refractivity contribution in [3.05, 3.63) is 0 Å². The number of hydrogen-bond donors (Lipinski definition) is 2. The predicted molar refractivity (Wildman–Crippen MR) is 59.5 cm³/mol. The lowest BCUT2D eigenvalue weighted by molar-refractivity contribution is -0.150. The molecule has 17 heavy (non-hydrogen) atoms. The van der Waals surface area contributed by atoms with Crippen molar-refractivity contribution in [2.24, 2.45) is 5.92 Å². The van der Waals surface area contributed by atoms with E-state index in [1.54, 1.807) is 13.8 Å². The highest BCUT2D eigenvalue weighted by molar-refractivity contribution is 6.39. The van der Waals surface area contributed by atoms with Crippen molar-refractivity contribution in [3.63, 3.8) is 0 Å². The van der Waals surface area contributed by atoms with Crippen LogP contribution in [0, 0.1) is 5.92 Å². The third-order valence-corrected chi connectivity index (χ3v) is 1.61. The highest BCUT2D eigenvalue weighted by Crippen LogP contribution is 2.02.